The summed E-state index contributed by atoms with van der Waals surface area (Å²) in [6, 6.07) is 15.5. The van der Waals surface area contributed by atoms with Gasteiger partial charge in [0.05, 0.1) is 25.1 Å². The number of carbonyl (C=O) groups is 2. The molecular formula is C19H20N2O3. The first kappa shape index (κ1) is 16.1. The molecular weight excluding hydrogens is 304 g/mol. The second kappa shape index (κ2) is 7.64. The molecule has 0 radical (unpaired) electrons. The number of amides is 2. The number of hydrogen-bond donors (Lipinski definition) is 2. The summed E-state index contributed by atoms with van der Waals surface area (Å²) in [6.45, 7) is 0.978. The van der Waals surface area contributed by atoms with Gasteiger partial charge in [0, 0.05) is 6.54 Å². The number of carbonyl (C=O) groups excluding carboxylic acids is 2. The lowest BCUT2D eigenvalue weighted by Crippen LogP contribution is -2.27. The van der Waals surface area contributed by atoms with Crippen molar-refractivity contribution in [2.75, 3.05) is 18.5 Å². The molecule has 3 rings (SSSR count). The summed E-state index contributed by atoms with van der Waals surface area (Å²) < 4.78 is 5.51. The van der Waals surface area contributed by atoms with Crippen LogP contribution in [0.4, 0.5) is 5.69 Å². The first-order valence-corrected chi connectivity index (χ1v) is 8.07. The van der Waals surface area contributed by atoms with Gasteiger partial charge in [0.25, 0.3) is 0 Å². The van der Waals surface area contributed by atoms with Crippen LogP contribution in [0.25, 0.3) is 0 Å². The first-order valence-electron chi connectivity index (χ1n) is 8.07. The number of benzene rings is 2. The van der Waals surface area contributed by atoms with Crippen LogP contribution in [0.3, 0.4) is 0 Å². The van der Waals surface area contributed by atoms with Crippen molar-refractivity contribution < 1.29 is 14.3 Å². The molecule has 0 aromatic heterocycles. The summed E-state index contributed by atoms with van der Waals surface area (Å²) in [6.07, 6.45) is 1.42. The van der Waals surface area contributed by atoms with E-state index >= 15 is 0 Å². The minimum atomic E-state index is -0.0711. The molecule has 0 unspecified atom stereocenters. The Morgan fingerprint density at radius 3 is 2.79 bits per heavy atom. The van der Waals surface area contributed by atoms with E-state index in [2.05, 4.69) is 10.6 Å². The van der Waals surface area contributed by atoms with Gasteiger partial charge < -0.3 is 15.4 Å². The van der Waals surface area contributed by atoms with Gasteiger partial charge in [0.15, 0.2) is 0 Å². The van der Waals surface area contributed by atoms with Gasteiger partial charge in [-0.3, -0.25) is 9.59 Å². The van der Waals surface area contributed by atoms with Gasteiger partial charge in [-0.05, 0) is 29.7 Å². The second-order valence-electron chi connectivity index (χ2n) is 5.74. The molecule has 0 saturated heterocycles. The fraction of sp³-hybridized carbons (Fsp3) is 0.263. The van der Waals surface area contributed by atoms with Crippen LogP contribution in [0.1, 0.15) is 17.5 Å². The predicted molar refractivity (Wildman–Crippen MR) is 92.0 cm³/mol. The monoisotopic (exact) mass is 324 g/mol. The van der Waals surface area contributed by atoms with Gasteiger partial charge in [-0.15, -0.1) is 0 Å². The van der Waals surface area contributed by atoms with Crippen LogP contribution in [0.2, 0.25) is 0 Å². The smallest absolute Gasteiger partial charge is 0.227 e. The lowest BCUT2D eigenvalue weighted by atomic mass is 10.1. The van der Waals surface area contributed by atoms with Crippen LogP contribution in [0.5, 0.6) is 5.75 Å². The number of fused-ring (bicyclic) bond motifs is 1. The van der Waals surface area contributed by atoms with Crippen LogP contribution >= 0.6 is 0 Å². The van der Waals surface area contributed by atoms with Crippen molar-refractivity contribution in [1.82, 2.24) is 5.32 Å². The maximum absolute atomic E-state index is 12.1. The summed E-state index contributed by atoms with van der Waals surface area (Å²) in [5.74, 6) is 0.541. The van der Waals surface area contributed by atoms with Crippen molar-refractivity contribution in [2.24, 2.45) is 0 Å². The molecule has 2 aromatic rings. The normalized spacial score (nSPS) is 13.2. The molecule has 2 N–H and O–H groups in total. The number of rotatable bonds is 5. The summed E-state index contributed by atoms with van der Waals surface area (Å²) in [5, 5.41) is 5.73. The molecule has 0 spiro atoms. The highest BCUT2D eigenvalue weighted by Crippen LogP contribution is 2.28. The zero-order valence-electron chi connectivity index (χ0n) is 13.4. The fourth-order valence-corrected chi connectivity index (χ4v) is 2.62. The van der Waals surface area contributed by atoms with Crippen LogP contribution in [-0.2, 0) is 22.4 Å². The van der Waals surface area contributed by atoms with Crippen molar-refractivity contribution in [1.29, 1.82) is 0 Å². The molecule has 5 heteroatoms. The van der Waals surface area contributed by atoms with Gasteiger partial charge in [-0.25, -0.2) is 0 Å². The van der Waals surface area contributed by atoms with Crippen LogP contribution in [0, 0.1) is 0 Å². The SMILES string of the molecule is O=C(Cc1ccc2c(c1)NC(=O)CCO2)NCCc1ccccc1. The van der Waals surface area contributed by atoms with Gasteiger partial charge in [-0.2, -0.15) is 0 Å². The van der Waals surface area contributed by atoms with Crippen molar-refractivity contribution in [2.45, 2.75) is 19.3 Å². The molecule has 0 fully saturated rings. The average Bonchev–Trinajstić information content (AvgIpc) is 2.76. The standard InChI is InChI=1S/C19H20N2O3/c22-18-9-11-24-17-7-6-15(12-16(17)21-18)13-19(23)20-10-8-14-4-2-1-3-5-14/h1-7,12H,8-11,13H2,(H,20,23)(H,21,22). The molecule has 1 aliphatic rings. The number of nitrogens with one attached hydrogen (secondary N) is 2. The van der Waals surface area contributed by atoms with Gasteiger partial charge in [0.1, 0.15) is 5.75 Å². The highest BCUT2D eigenvalue weighted by Gasteiger charge is 2.14. The number of ether oxygens (including phenoxy) is 1. The third-order valence-electron chi connectivity index (χ3n) is 3.85. The van der Waals surface area contributed by atoms with E-state index < -0.39 is 0 Å². The second-order valence-corrected chi connectivity index (χ2v) is 5.74. The zero-order valence-corrected chi connectivity index (χ0v) is 13.4. The maximum atomic E-state index is 12.1. The van der Waals surface area contributed by atoms with E-state index in [1.165, 1.54) is 5.56 Å². The maximum Gasteiger partial charge on any atom is 0.227 e. The van der Waals surface area contributed by atoms with Crippen LogP contribution in [0.15, 0.2) is 48.5 Å². The molecule has 1 aliphatic heterocycles. The molecule has 124 valence electrons. The van der Waals surface area contributed by atoms with Crippen LogP contribution in [-0.4, -0.2) is 25.0 Å². The Kier molecular flexibility index (Phi) is 5.11. The summed E-state index contributed by atoms with van der Waals surface area (Å²) >= 11 is 0. The lowest BCUT2D eigenvalue weighted by Gasteiger charge is -2.10. The van der Waals surface area contributed by atoms with E-state index in [0.717, 1.165) is 12.0 Å². The van der Waals surface area contributed by atoms with Crippen molar-refractivity contribution in [3.63, 3.8) is 0 Å². The van der Waals surface area contributed by atoms with Crippen molar-refractivity contribution >= 4 is 17.5 Å². The van der Waals surface area contributed by atoms with Crippen molar-refractivity contribution in [3.8, 4) is 5.75 Å². The largest absolute Gasteiger partial charge is 0.491 e. The molecule has 0 atom stereocenters. The van der Waals surface area contributed by atoms with E-state index in [4.69, 9.17) is 4.74 Å². The molecule has 2 aromatic carbocycles. The molecule has 2 amide bonds. The van der Waals surface area contributed by atoms with Gasteiger partial charge >= 0.3 is 0 Å². The van der Waals surface area contributed by atoms with Crippen molar-refractivity contribution in [3.05, 3.63) is 59.7 Å². The van der Waals surface area contributed by atoms with Gasteiger partial charge in [-0.1, -0.05) is 36.4 Å². The molecule has 5 nitrogen and oxygen atoms in total. The van der Waals surface area contributed by atoms with E-state index in [1.807, 2.05) is 36.4 Å². The van der Waals surface area contributed by atoms with E-state index in [-0.39, 0.29) is 18.2 Å². The Morgan fingerprint density at radius 1 is 1.12 bits per heavy atom. The first-order chi connectivity index (χ1) is 11.7. The molecule has 0 bridgehead atoms. The van der Waals surface area contributed by atoms with Gasteiger partial charge in [0.2, 0.25) is 11.8 Å². The minimum Gasteiger partial charge on any atom is -0.491 e. The number of anilines is 1. The predicted octanol–water partition coefficient (Wildman–Crippen LogP) is 2.31. The van der Waals surface area contributed by atoms with E-state index in [1.54, 1.807) is 12.1 Å². The third kappa shape index (κ3) is 4.35. The quantitative estimate of drug-likeness (QED) is 0.887. The number of hydrogen-bond acceptors (Lipinski definition) is 3. The average molecular weight is 324 g/mol. The Morgan fingerprint density at radius 2 is 1.96 bits per heavy atom. The molecule has 1 heterocycles. The molecule has 24 heavy (non-hydrogen) atoms. The summed E-state index contributed by atoms with van der Waals surface area (Å²) in [7, 11) is 0. The molecule has 0 aliphatic carbocycles. The summed E-state index contributed by atoms with van der Waals surface area (Å²) in [4.78, 5) is 23.7. The third-order valence-corrected chi connectivity index (χ3v) is 3.85. The zero-order chi connectivity index (χ0) is 16.8. The Bertz CT molecular complexity index is 729. The lowest BCUT2D eigenvalue weighted by molar-refractivity contribution is -0.120. The highest BCUT2D eigenvalue weighted by atomic mass is 16.5. The minimum absolute atomic E-state index is 0.0354. The highest BCUT2D eigenvalue weighted by molar-refractivity contribution is 5.93. The topological polar surface area (TPSA) is 67.4 Å². The van der Waals surface area contributed by atoms with E-state index in [0.29, 0.717) is 31.0 Å². The Balaban J connectivity index is 1.54. The molecule has 0 saturated carbocycles. The fourth-order valence-electron chi connectivity index (χ4n) is 2.62. The Labute approximate surface area is 141 Å². The van der Waals surface area contributed by atoms with E-state index in [9.17, 15) is 9.59 Å². The van der Waals surface area contributed by atoms with Crippen LogP contribution < -0.4 is 15.4 Å². The summed E-state index contributed by atoms with van der Waals surface area (Å²) in [5.41, 5.74) is 2.67. The Hall–Kier alpha value is -2.82.